The molecule has 2 atom stereocenters. The van der Waals surface area contributed by atoms with Gasteiger partial charge in [0.1, 0.15) is 6.04 Å². The summed E-state index contributed by atoms with van der Waals surface area (Å²) in [5.41, 5.74) is 0. The summed E-state index contributed by atoms with van der Waals surface area (Å²) in [6.07, 6.45) is -0.738. The Bertz CT molecular complexity index is 621. The van der Waals surface area contributed by atoms with Crippen LogP contribution in [0.1, 0.15) is 27.2 Å². The normalized spacial score (nSPS) is 13.0. The van der Waals surface area contributed by atoms with Crippen molar-refractivity contribution in [3.63, 3.8) is 0 Å². The third kappa shape index (κ3) is 7.19. The lowest BCUT2D eigenvalue weighted by Crippen LogP contribution is -2.47. The van der Waals surface area contributed by atoms with Gasteiger partial charge >= 0.3 is 5.97 Å². The summed E-state index contributed by atoms with van der Waals surface area (Å²) in [5.74, 6) is -2.96. The van der Waals surface area contributed by atoms with Gasteiger partial charge in [0, 0.05) is 0 Å². The van der Waals surface area contributed by atoms with Crippen molar-refractivity contribution >= 4 is 17.8 Å². The van der Waals surface area contributed by atoms with Gasteiger partial charge in [-0.15, -0.1) is 0 Å². The fraction of sp³-hybridized carbons (Fsp3) is 0.471. The van der Waals surface area contributed by atoms with Crippen LogP contribution < -0.4 is 15.4 Å². The summed E-state index contributed by atoms with van der Waals surface area (Å²) < 4.78 is 18.7. The van der Waals surface area contributed by atoms with Crippen molar-refractivity contribution in [1.82, 2.24) is 10.6 Å². The molecule has 0 aliphatic heterocycles. The molecule has 0 heterocycles. The van der Waals surface area contributed by atoms with Gasteiger partial charge in [0.15, 0.2) is 17.7 Å². The van der Waals surface area contributed by atoms with Gasteiger partial charge in [-0.05, 0) is 31.4 Å². The van der Waals surface area contributed by atoms with E-state index in [0.29, 0.717) is 0 Å². The minimum Gasteiger partial charge on any atom is -0.480 e. The third-order valence-electron chi connectivity index (χ3n) is 3.27. The summed E-state index contributed by atoms with van der Waals surface area (Å²) in [4.78, 5) is 34.8. The molecule has 0 bridgehead atoms. The van der Waals surface area contributed by atoms with Gasteiger partial charge in [0.25, 0.3) is 5.91 Å². The fourth-order valence-electron chi connectivity index (χ4n) is 2.03. The van der Waals surface area contributed by atoms with Gasteiger partial charge in [-0.3, -0.25) is 9.59 Å². The number of hydrogen-bond donors (Lipinski definition) is 3. The fourth-order valence-corrected chi connectivity index (χ4v) is 2.03. The van der Waals surface area contributed by atoms with Crippen molar-refractivity contribution in [2.24, 2.45) is 5.92 Å². The Morgan fingerprint density at radius 1 is 1.20 bits per heavy atom. The standard InChI is InChI=1S/C17H23FN2O5/c1-10(2)8-13(17(23)24)20-15(21)9-19-16(22)11(3)25-14-7-5-4-6-12(14)18/h4-7,10-11,13H,8-9H2,1-3H3,(H,19,22)(H,20,21)(H,23,24)/t11?,13-/m0/s1. The predicted octanol–water partition coefficient (Wildman–Crippen LogP) is 1.32. The summed E-state index contributed by atoms with van der Waals surface area (Å²) in [6.45, 7) is 4.70. The monoisotopic (exact) mass is 354 g/mol. The third-order valence-corrected chi connectivity index (χ3v) is 3.27. The van der Waals surface area contributed by atoms with Gasteiger partial charge in [0.2, 0.25) is 5.91 Å². The van der Waals surface area contributed by atoms with Crippen LogP contribution in [-0.2, 0) is 14.4 Å². The number of carboxylic acids is 1. The maximum absolute atomic E-state index is 13.5. The van der Waals surface area contributed by atoms with Crippen LogP contribution >= 0.6 is 0 Å². The van der Waals surface area contributed by atoms with Gasteiger partial charge in [-0.1, -0.05) is 26.0 Å². The second-order valence-corrected chi connectivity index (χ2v) is 6.00. The smallest absolute Gasteiger partial charge is 0.326 e. The van der Waals surface area contributed by atoms with E-state index in [-0.39, 0.29) is 18.1 Å². The van der Waals surface area contributed by atoms with E-state index in [9.17, 15) is 18.8 Å². The Kier molecular flexibility index (Phi) is 7.84. The number of amides is 2. The number of aliphatic carboxylic acids is 1. The minimum absolute atomic E-state index is 0.0718. The maximum atomic E-state index is 13.5. The lowest BCUT2D eigenvalue weighted by Gasteiger charge is -2.18. The van der Waals surface area contributed by atoms with Crippen molar-refractivity contribution in [3.05, 3.63) is 30.1 Å². The highest BCUT2D eigenvalue weighted by Crippen LogP contribution is 2.16. The van der Waals surface area contributed by atoms with Gasteiger partial charge in [-0.25, -0.2) is 9.18 Å². The molecule has 0 aromatic heterocycles. The molecular formula is C17H23FN2O5. The zero-order chi connectivity index (χ0) is 19.0. The summed E-state index contributed by atoms with van der Waals surface area (Å²) >= 11 is 0. The Morgan fingerprint density at radius 3 is 2.40 bits per heavy atom. The van der Waals surface area contributed by atoms with Crippen LogP contribution in [0.4, 0.5) is 4.39 Å². The van der Waals surface area contributed by atoms with E-state index in [1.54, 1.807) is 6.07 Å². The number of rotatable bonds is 9. The van der Waals surface area contributed by atoms with Crippen LogP contribution in [0, 0.1) is 11.7 Å². The van der Waals surface area contributed by atoms with Crippen LogP contribution in [0.2, 0.25) is 0 Å². The number of nitrogens with one attached hydrogen (secondary N) is 2. The molecule has 1 aromatic rings. The first-order valence-corrected chi connectivity index (χ1v) is 7.91. The molecule has 0 aliphatic carbocycles. The first-order chi connectivity index (χ1) is 11.7. The lowest BCUT2D eigenvalue weighted by molar-refractivity contribution is -0.142. The zero-order valence-corrected chi connectivity index (χ0v) is 14.4. The highest BCUT2D eigenvalue weighted by Gasteiger charge is 2.22. The number of ether oxygens (including phenoxy) is 1. The molecule has 8 heteroatoms. The van der Waals surface area contributed by atoms with E-state index in [2.05, 4.69) is 10.6 Å². The summed E-state index contributed by atoms with van der Waals surface area (Å²) in [7, 11) is 0. The second kappa shape index (κ2) is 9.61. The van der Waals surface area contributed by atoms with E-state index in [0.717, 1.165) is 0 Å². The highest BCUT2D eigenvalue weighted by molar-refractivity contribution is 5.89. The topological polar surface area (TPSA) is 105 Å². The molecule has 0 aliphatic rings. The number of benzene rings is 1. The van der Waals surface area contributed by atoms with E-state index < -0.39 is 42.3 Å². The molecule has 0 saturated carbocycles. The van der Waals surface area contributed by atoms with E-state index in [1.807, 2.05) is 13.8 Å². The van der Waals surface area contributed by atoms with Crippen LogP contribution in [0.3, 0.4) is 0 Å². The molecule has 0 fully saturated rings. The molecule has 25 heavy (non-hydrogen) atoms. The SMILES string of the molecule is CC(C)C[C@H](NC(=O)CNC(=O)C(C)Oc1ccccc1F)C(=O)O. The van der Waals surface area contributed by atoms with E-state index in [1.165, 1.54) is 25.1 Å². The van der Waals surface area contributed by atoms with Gasteiger partial charge in [-0.2, -0.15) is 0 Å². The molecule has 1 aromatic carbocycles. The molecular weight excluding hydrogens is 331 g/mol. The zero-order valence-electron chi connectivity index (χ0n) is 14.4. The molecule has 1 unspecified atom stereocenters. The Labute approximate surface area is 145 Å². The van der Waals surface area contributed by atoms with Crippen molar-refractivity contribution < 1.29 is 28.6 Å². The van der Waals surface area contributed by atoms with Crippen molar-refractivity contribution in [1.29, 1.82) is 0 Å². The predicted molar refractivity (Wildman–Crippen MR) is 88.5 cm³/mol. The molecule has 2 amide bonds. The minimum atomic E-state index is -1.13. The van der Waals surface area contributed by atoms with Crippen LogP contribution in [0.25, 0.3) is 0 Å². The molecule has 0 radical (unpaired) electrons. The average Bonchev–Trinajstić information content (AvgIpc) is 2.53. The molecule has 138 valence electrons. The Balaban J connectivity index is 2.47. The number of carbonyl (C=O) groups is 3. The van der Waals surface area contributed by atoms with Gasteiger partial charge < -0.3 is 20.5 Å². The number of halogens is 1. The number of hydrogen-bond acceptors (Lipinski definition) is 4. The second-order valence-electron chi connectivity index (χ2n) is 6.00. The Morgan fingerprint density at radius 2 is 1.84 bits per heavy atom. The van der Waals surface area contributed by atoms with E-state index >= 15 is 0 Å². The van der Waals surface area contributed by atoms with E-state index in [4.69, 9.17) is 9.84 Å². The number of para-hydroxylation sites is 1. The van der Waals surface area contributed by atoms with Crippen LogP contribution in [0.15, 0.2) is 24.3 Å². The van der Waals surface area contributed by atoms with Crippen LogP contribution in [0.5, 0.6) is 5.75 Å². The average molecular weight is 354 g/mol. The summed E-state index contributed by atoms with van der Waals surface area (Å²) in [5, 5.41) is 13.7. The highest BCUT2D eigenvalue weighted by atomic mass is 19.1. The van der Waals surface area contributed by atoms with Crippen molar-refractivity contribution in [3.8, 4) is 5.75 Å². The quantitative estimate of drug-likeness (QED) is 0.620. The number of carboxylic acid groups (broad SMARTS) is 1. The molecule has 1 rings (SSSR count). The molecule has 0 spiro atoms. The van der Waals surface area contributed by atoms with Crippen LogP contribution in [-0.4, -0.2) is 41.6 Å². The van der Waals surface area contributed by atoms with Crippen molar-refractivity contribution in [2.75, 3.05) is 6.54 Å². The Hall–Kier alpha value is -2.64. The molecule has 0 saturated heterocycles. The first-order valence-electron chi connectivity index (χ1n) is 7.91. The molecule has 3 N–H and O–H groups in total. The van der Waals surface area contributed by atoms with Gasteiger partial charge in [0.05, 0.1) is 6.54 Å². The summed E-state index contributed by atoms with van der Waals surface area (Å²) in [6, 6.07) is 4.63. The van der Waals surface area contributed by atoms with Crippen molar-refractivity contribution in [2.45, 2.75) is 39.3 Å². The number of carbonyl (C=O) groups excluding carboxylic acids is 2. The first kappa shape index (κ1) is 20.4. The molecule has 7 nitrogen and oxygen atoms in total. The largest absolute Gasteiger partial charge is 0.480 e. The maximum Gasteiger partial charge on any atom is 0.326 e. The lowest BCUT2D eigenvalue weighted by atomic mass is 10.0.